The number of benzene rings is 1. The van der Waals surface area contributed by atoms with Gasteiger partial charge in [-0.15, -0.1) is 0 Å². The monoisotopic (exact) mass is 383 g/mol. The van der Waals surface area contributed by atoms with Crippen LogP contribution in [0.1, 0.15) is 43.2 Å². The Kier molecular flexibility index (Phi) is 6.17. The summed E-state index contributed by atoms with van der Waals surface area (Å²) in [6.45, 7) is 3.91. The molecule has 1 N–H and O–H groups in total. The number of aromatic nitrogens is 1. The van der Waals surface area contributed by atoms with Crippen molar-refractivity contribution in [2.24, 2.45) is 0 Å². The number of anilines is 1. The quantitative estimate of drug-likeness (QED) is 0.817. The first-order chi connectivity index (χ1) is 13.8. The average Bonchev–Trinajstić information content (AvgIpc) is 3.15. The lowest BCUT2D eigenvalue weighted by Gasteiger charge is -2.27. The molecule has 6 nitrogen and oxygen atoms in total. The van der Waals surface area contributed by atoms with Crippen LogP contribution >= 0.6 is 0 Å². The highest BCUT2D eigenvalue weighted by Gasteiger charge is 2.18. The number of pyridine rings is 1. The minimum absolute atomic E-state index is 0.268. The van der Waals surface area contributed by atoms with E-state index in [9.17, 15) is 0 Å². The molecule has 0 atom stereocenters. The molecule has 0 saturated carbocycles. The van der Waals surface area contributed by atoms with E-state index in [1.165, 1.54) is 37.7 Å². The van der Waals surface area contributed by atoms with Gasteiger partial charge in [-0.2, -0.15) is 0 Å². The van der Waals surface area contributed by atoms with Crippen LogP contribution in [0, 0.1) is 0 Å². The fraction of sp³-hybridized carbons (Fsp3) is 0.500. The molecule has 2 aliphatic heterocycles. The molecule has 1 saturated heterocycles. The molecule has 1 fully saturated rings. The minimum atomic E-state index is 0.268. The van der Waals surface area contributed by atoms with Gasteiger partial charge in [-0.1, -0.05) is 25.3 Å². The Morgan fingerprint density at radius 3 is 2.50 bits per heavy atom. The third-order valence-corrected chi connectivity index (χ3v) is 5.43. The van der Waals surface area contributed by atoms with Crippen molar-refractivity contribution in [1.82, 2.24) is 10.3 Å². The molecule has 0 aliphatic carbocycles. The smallest absolute Gasteiger partial charge is 0.231 e. The van der Waals surface area contributed by atoms with Crippen LogP contribution in [0.4, 0.5) is 5.82 Å². The second-order valence-corrected chi connectivity index (χ2v) is 7.36. The van der Waals surface area contributed by atoms with Crippen molar-refractivity contribution in [3.8, 4) is 17.2 Å². The van der Waals surface area contributed by atoms with Crippen molar-refractivity contribution >= 4 is 5.82 Å². The second kappa shape index (κ2) is 9.15. The first kappa shape index (κ1) is 18.9. The standard InChI is InChI=1S/C22H29N3O3/c1-26-19-13-21-20(27-16-28-21)12-18(19)15-23-14-17-8-7-9-24-22(17)25-10-5-3-2-4-6-11-25/h7-9,12-13,23H,2-6,10-11,14-16H2,1H3. The van der Waals surface area contributed by atoms with E-state index < -0.39 is 0 Å². The van der Waals surface area contributed by atoms with E-state index in [4.69, 9.17) is 19.2 Å². The highest BCUT2D eigenvalue weighted by molar-refractivity contribution is 5.52. The third-order valence-electron chi connectivity index (χ3n) is 5.43. The molecule has 1 aromatic carbocycles. The normalized spacial score (nSPS) is 16.5. The predicted octanol–water partition coefficient (Wildman–Crippen LogP) is 3.88. The highest BCUT2D eigenvalue weighted by atomic mass is 16.7. The van der Waals surface area contributed by atoms with Crippen LogP contribution in [0.5, 0.6) is 17.2 Å². The molecule has 0 spiro atoms. The van der Waals surface area contributed by atoms with Crippen molar-refractivity contribution in [2.75, 3.05) is 31.9 Å². The van der Waals surface area contributed by atoms with Gasteiger partial charge in [0.25, 0.3) is 0 Å². The summed E-state index contributed by atoms with van der Waals surface area (Å²) < 4.78 is 16.5. The Morgan fingerprint density at radius 2 is 1.71 bits per heavy atom. The Labute approximate surface area is 166 Å². The van der Waals surface area contributed by atoms with Gasteiger partial charge in [0.2, 0.25) is 6.79 Å². The van der Waals surface area contributed by atoms with Gasteiger partial charge in [0.1, 0.15) is 11.6 Å². The Balaban J connectivity index is 1.43. The Morgan fingerprint density at radius 1 is 1.00 bits per heavy atom. The lowest BCUT2D eigenvalue weighted by Crippen LogP contribution is -2.29. The molecule has 6 heteroatoms. The fourth-order valence-electron chi connectivity index (χ4n) is 3.94. The van der Waals surface area contributed by atoms with Crippen molar-refractivity contribution in [2.45, 2.75) is 45.2 Å². The molecule has 2 aliphatic rings. The summed E-state index contributed by atoms with van der Waals surface area (Å²) in [5.41, 5.74) is 2.30. The van der Waals surface area contributed by atoms with Crippen LogP contribution in [0.3, 0.4) is 0 Å². The van der Waals surface area contributed by atoms with Crippen LogP contribution in [0.25, 0.3) is 0 Å². The molecule has 0 amide bonds. The van der Waals surface area contributed by atoms with E-state index in [0.29, 0.717) is 6.54 Å². The molecule has 28 heavy (non-hydrogen) atoms. The number of ether oxygens (including phenoxy) is 3. The van der Waals surface area contributed by atoms with E-state index in [0.717, 1.165) is 48.3 Å². The van der Waals surface area contributed by atoms with Gasteiger partial charge in [-0.3, -0.25) is 0 Å². The minimum Gasteiger partial charge on any atom is -0.496 e. The lowest BCUT2D eigenvalue weighted by atomic mass is 10.1. The van der Waals surface area contributed by atoms with Crippen LogP contribution in [-0.2, 0) is 13.1 Å². The molecule has 4 rings (SSSR count). The zero-order valence-electron chi connectivity index (χ0n) is 16.6. The summed E-state index contributed by atoms with van der Waals surface area (Å²) in [5, 5.41) is 3.55. The maximum absolute atomic E-state index is 5.52. The number of rotatable bonds is 6. The number of methoxy groups -OCH3 is 1. The van der Waals surface area contributed by atoms with Gasteiger partial charge in [0.15, 0.2) is 11.5 Å². The SMILES string of the molecule is COc1cc2c(cc1CNCc1cccnc1N1CCCCCCC1)OCO2. The van der Waals surface area contributed by atoms with E-state index in [-0.39, 0.29) is 6.79 Å². The van der Waals surface area contributed by atoms with Gasteiger partial charge >= 0.3 is 0 Å². The predicted molar refractivity (Wildman–Crippen MR) is 109 cm³/mol. The Hall–Kier alpha value is -2.47. The number of hydrogen-bond donors (Lipinski definition) is 1. The number of hydrogen-bond acceptors (Lipinski definition) is 6. The first-order valence-electron chi connectivity index (χ1n) is 10.2. The molecule has 150 valence electrons. The first-order valence-corrected chi connectivity index (χ1v) is 10.2. The zero-order valence-corrected chi connectivity index (χ0v) is 16.6. The summed E-state index contributed by atoms with van der Waals surface area (Å²) in [4.78, 5) is 7.16. The molecule has 3 heterocycles. The van der Waals surface area contributed by atoms with Crippen molar-refractivity contribution in [3.05, 3.63) is 41.6 Å². The summed E-state index contributed by atoms with van der Waals surface area (Å²) >= 11 is 0. The number of nitrogens with one attached hydrogen (secondary N) is 1. The molecule has 0 radical (unpaired) electrons. The Bertz CT molecular complexity index is 789. The summed E-state index contributed by atoms with van der Waals surface area (Å²) in [6.07, 6.45) is 8.40. The second-order valence-electron chi connectivity index (χ2n) is 7.36. The fourth-order valence-corrected chi connectivity index (χ4v) is 3.94. The highest BCUT2D eigenvalue weighted by Crippen LogP contribution is 2.38. The molecule has 1 aromatic heterocycles. The summed E-state index contributed by atoms with van der Waals surface area (Å²) in [6, 6.07) is 8.09. The maximum Gasteiger partial charge on any atom is 0.231 e. The molecule has 2 aromatic rings. The van der Waals surface area contributed by atoms with Crippen molar-refractivity contribution in [3.63, 3.8) is 0 Å². The van der Waals surface area contributed by atoms with E-state index >= 15 is 0 Å². The lowest BCUT2D eigenvalue weighted by molar-refractivity contribution is 0.174. The maximum atomic E-state index is 5.52. The zero-order chi connectivity index (χ0) is 19.2. The van der Waals surface area contributed by atoms with Gasteiger partial charge < -0.3 is 24.4 Å². The largest absolute Gasteiger partial charge is 0.496 e. The topological polar surface area (TPSA) is 55.9 Å². The van der Waals surface area contributed by atoms with Gasteiger partial charge in [0, 0.05) is 49.6 Å². The van der Waals surface area contributed by atoms with Gasteiger partial charge in [-0.25, -0.2) is 4.98 Å². The van der Waals surface area contributed by atoms with Crippen LogP contribution in [-0.4, -0.2) is 32.0 Å². The molecule has 0 bridgehead atoms. The molecular weight excluding hydrogens is 354 g/mol. The summed E-state index contributed by atoms with van der Waals surface area (Å²) in [7, 11) is 1.68. The van der Waals surface area contributed by atoms with Gasteiger partial charge in [0.05, 0.1) is 7.11 Å². The van der Waals surface area contributed by atoms with Crippen LogP contribution in [0.2, 0.25) is 0 Å². The van der Waals surface area contributed by atoms with E-state index in [1.54, 1.807) is 7.11 Å². The number of nitrogens with zero attached hydrogens (tertiary/aromatic N) is 2. The van der Waals surface area contributed by atoms with E-state index in [2.05, 4.69) is 16.3 Å². The molecular formula is C22H29N3O3. The van der Waals surface area contributed by atoms with Crippen molar-refractivity contribution in [1.29, 1.82) is 0 Å². The van der Waals surface area contributed by atoms with Crippen LogP contribution < -0.4 is 24.4 Å². The van der Waals surface area contributed by atoms with Crippen LogP contribution in [0.15, 0.2) is 30.5 Å². The molecule has 0 unspecified atom stereocenters. The van der Waals surface area contributed by atoms with Gasteiger partial charge in [-0.05, 0) is 25.0 Å². The van der Waals surface area contributed by atoms with Crippen molar-refractivity contribution < 1.29 is 14.2 Å². The summed E-state index contributed by atoms with van der Waals surface area (Å²) in [5.74, 6) is 3.45. The van der Waals surface area contributed by atoms with E-state index in [1.807, 2.05) is 24.4 Å². The number of fused-ring (bicyclic) bond motifs is 1. The third kappa shape index (κ3) is 4.33. The average molecular weight is 383 g/mol.